The molecule has 0 aliphatic heterocycles. The fourth-order valence-corrected chi connectivity index (χ4v) is 1.30. The molecular formula is C13H7N. The van der Waals surface area contributed by atoms with Gasteiger partial charge in [0, 0.05) is 10.9 Å². The average Bonchev–Trinajstić information content (AvgIpc) is 2.27. The maximum Gasteiger partial charge on any atom is 0.113 e. The van der Waals surface area contributed by atoms with Gasteiger partial charge >= 0.3 is 0 Å². The molecule has 2 aromatic rings. The van der Waals surface area contributed by atoms with Crippen molar-refractivity contribution in [3.8, 4) is 24.7 Å². The summed E-state index contributed by atoms with van der Waals surface area (Å²) in [6, 6.07) is 9.39. The molecular weight excluding hydrogens is 170 g/mol. The third-order valence-electron chi connectivity index (χ3n) is 2.00. The fourth-order valence-electron chi connectivity index (χ4n) is 1.30. The molecule has 0 aliphatic rings. The molecule has 0 fully saturated rings. The molecule has 1 heterocycles. The Morgan fingerprint density at radius 2 is 1.86 bits per heavy atom. The molecule has 0 N–H and O–H groups in total. The van der Waals surface area contributed by atoms with E-state index in [0.29, 0.717) is 5.69 Å². The summed E-state index contributed by atoms with van der Waals surface area (Å²) in [5.74, 6) is 5.08. The zero-order valence-corrected chi connectivity index (χ0v) is 7.49. The standard InChI is InChI=1S/C13H7N/c1-3-10-5-8-13-11(9-10)6-7-12(4-2)14-13/h1-2,5-9H. The van der Waals surface area contributed by atoms with Crippen LogP contribution in [0.25, 0.3) is 10.9 Å². The zero-order valence-electron chi connectivity index (χ0n) is 7.49. The monoisotopic (exact) mass is 177 g/mol. The second-order valence-corrected chi connectivity index (χ2v) is 2.89. The van der Waals surface area contributed by atoms with Crippen molar-refractivity contribution in [1.82, 2.24) is 4.98 Å². The Bertz CT molecular complexity index is 515. The molecule has 0 aliphatic carbocycles. The van der Waals surface area contributed by atoms with E-state index in [0.717, 1.165) is 16.5 Å². The Kier molecular flexibility index (Phi) is 1.94. The van der Waals surface area contributed by atoms with Crippen LogP contribution in [-0.4, -0.2) is 4.98 Å². The number of rotatable bonds is 0. The molecule has 1 aromatic carbocycles. The number of fused-ring (bicyclic) bond motifs is 1. The van der Waals surface area contributed by atoms with E-state index in [2.05, 4.69) is 16.8 Å². The van der Waals surface area contributed by atoms with E-state index < -0.39 is 0 Å². The van der Waals surface area contributed by atoms with Crippen LogP contribution in [0.15, 0.2) is 30.3 Å². The molecule has 0 bridgehead atoms. The fraction of sp³-hybridized carbons (Fsp3) is 0. The predicted molar refractivity (Wildman–Crippen MR) is 57.6 cm³/mol. The van der Waals surface area contributed by atoms with Crippen molar-refractivity contribution in [2.75, 3.05) is 0 Å². The molecule has 2 rings (SSSR count). The van der Waals surface area contributed by atoms with Crippen molar-refractivity contribution in [3.63, 3.8) is 0 Å². The molecule has 1 aromatic heterocycles. The third-order valence-corrected chi connectivity index (χ3v) is 2.00. The normalized spacial score (nSPS) is 9.29. The second-order valence-electron chi connectivity index (χ2n) is 2.89. The van der Waals surface area contributed by atoms with Crippen LogP contribution in [0.4, 0.5) is 0 Å². The number of nitrogens with zero attached hydrogens (tertiary/aromatic N) is 1. The highest BCUT2D eigenvalue weighted by Crippen LogP contribution is 2.13. The Morgan fingerprint density at radius 3 is 2.57 bits per heavy atom. The minimum Gasteiger partial charge on any atom is -0.239 e. The topological polar surface area (TPSA) is 12.9 Å². The van der Waals surface area contributed by atoms with E-state index >= 15 is 0 Å². The van der Waals surface area contributed by atoms with Gasteiger partial charge in [0.25, 0.3) is 0 Å². The smallest absolute Gasteiger partial charge is 0.113 e. The SMILES string of the molecule is C#Cc1ccc2nc(C#C)ccc2c1. The second kappa shape index (κ2) is 3.24. The van der Waals surface area contributed by atoms with E-state index in [1.54, 1.807) is 0 Å². The molecule has 0 amide bonds. The quantitative estimate of drug-likeness (QED) is 0.562. The van der Waals surface area contributed by atoms with E-state index in [9.17, 15) is 0 Å². The predicted octanol–water partition coefficient (Wildman–Crippen LogP) is 2.20. The molecule has 64 valence electrons. The Balaban J connectivity index is 2.72. The van der Waals surface area contributed by atoms with Crippen LogP contribution in [0, 0.1) is 24.7 Å². The van der Waals surface area contributed by atoms with Gasteiger partial charge in [-0.15, -0.1) is 12.8 Å². The van der Waals surface area contributed by atoms with Gasteiger partial charge < -0.3 is 0 Å². The minimum absolute atomic E-state index is 0.644. The molecule has 1 heteroatoms. The van der Waals surface area contributed by atoms with Crippen LogP contribution in [0.3, 0.4) is 0 Å². The lowest BCUT2D eigenvalue weighted by Gasteiger charge is -1.98. The summed E-state index contributed by atoms with van der Waals surface area (Å²) in [5.41, 5.74) is 2.37. The number of terminal acetylenes is 2. The summed E-state index contributed by atoms with van der Waals surface area (Å²) >= 11 is 0. The first kappa shape index (κ1) is 8.35. The Labute approximate surface area is 82.8 Å². The van der Waals surface area contributed by atoms with E-state index in [4.69, 9.17) is 12.8 Å². The highest BCUT2D eigenvalue weighted by atomic mass is 14.7. The van der Waals surface area contributed by atoms with Crippen molar-refractivity contribution in [3.05, 3.63) is 41.6 Å². The largest absolute Gasteiger partial charge is 0.239 e. The van der Waals surface area contributed by atoms with Gasteiger partial charge in [-0.3, -0.25) is 0 Å². The number of pyridine rings is 1. The van der Waals surface area contributed by atoms with Crippen molar-refractivity contribution in [2.24, 2.45) is 0 Å². The van der Waals surface area contributed by atoms with E-state index in [-0.39, 0.29) is 0 Å². The van der Waals surface area contributed by atoms with Crippen molar-refractivity contribution in [1.29, 1.82) is 0 Å². The van der Waals surface area contributed by atoms with Crippen LogP contribution in [0.2, 0.25) is 0 Å². The summed E-state index contributed by atoms with van der Waals surface area (Å²) in [5, 5.41) is 1.01. The maximum absolute atomic E-state index is 5.29. The van der Waals surface area contributed by atoms with Gasteiger partial charge in [-0.1, -0.05) is 11.8 Å². The minimum atomic E-state index is 0.644. The van der Waals surface area contributed by atoms with Crippen LogP contribution in [0.1, 0.15) is 11.3 Å². The molecule has 1 nitrogen and oxygen atoms in total. The van der Waals surface area contributed by atoms with Gasteiger partial charge in [0.05, 0.1) is 5.52 Å². The lowest BCUT2D eigenvalue weighted by molar-refractivity contribution is 1.36. The molecule has 0 unspecified atom stereocenters. The summed E-state index contributed by atoms with van der Waals surface area (Å²) in [7, 11) is 0. The van der Waals surface area contributed by atoms with Crippen LogP contribution >= 0.6 is 0 Å². The zero-order chi connectivity index (χ0) is 9.97. The highest BCUT2D eigenvalue weighted by molar-refractivity contribution is 5.80. The first-order chi connectivity index (χ1) is 6.83. The molecule has 0 spiro atoms. The number of hydrogen-bond donors (Lipinski definition) is 0. The number of hydrogen-bond acceptors (Lipinski definition) is 1. The first-order valence-corrected chi connectivity index (χ1v) is 4.17. The van der Waals surface area contributed by atoms with Gasteiger partial charge in [-0.05, 0) is 30.3 Å². The van der Waals surface area contributed by atoms with Crippen LogP contribution in [0.5, 0.6) is 0 Å². The number of benzene rings is 1. The molecule has 0 saturated heterocycles. The number of aromatic nitrogens is 1. The lowest BCUT2D eigenvalue weighted by Crippen LogP contribution is -1.84. The van der Waals surface area contributed by atoms with Crippen molar-refractivity contribution >= 4 is 10.9 Å². The van der Waals surface area contributed by atoms with Crippen LogP contribution < -0.4 is 0 Å². The summed E-state index contributed by atoms with van der Waals surface area (Å²) in [6.45, 7) is 0. The van der Waals surface area contributed by atoms with Crippen molar-refractivity contribution in [2.45, 2.75) is 0 Å². The van der Waals surface area contributed by atoms with Gasteiger partial charge in [0.2, 0.25) is 0 Å². The van der Waals surface area contributed by atoms with E-state index in [1.165, 1.54) is 0 Å². The average molecular weight is 177 g/mol. The Hall–Kier alpha value is -2.25. The third kappa shape index (κ3) is 1.32. The summed E-state index contributed by atoms with van der Waals surface area (Å²) in [4.78, 5) is 4.26. The van der Waals surface area contributed by atoms with Crippen LogP contribution in [-0.2, 0) is 0 Å². The molecule has 0 radical (unpaired) electrons. The lowest BCUT2D eigenvalue weighted by atomic mass is 10.1. The Morgan fingerprint density at radius 1 is 1.00 bits per heavy atom. The van der Waals surface area contributed by atoms with Gasteiger partial charge in [0.15, 0.2) is 0 Å². The van der Waals surface area contributed by atoms with Gasteiger partial charge in [-0.2, -0.15) is 0 Å². The summed E-state index contributed by atoms with van der Waals surface area (Å²) < 4.78 is 0. The molecule has 0 saturated carbocycles. The summed E-state index contributed by atoms with van der Waals surface area (Å²) in [6.07, 6.45) is 10.5. The molecule has 14 heavy (non-hydrogen) atoms. The molecule has 0 atom stereocenters. The maximum atomic E-state index is 5.29. The highest BCUT2D eigenvalue weighted by Gasteiger charge is 1.96. The first-order valence-electron chi connectivity index (χ1n) is 4.17. The van der Waals surface area contributed by atoms with Gasteiger partial charge in [-0.25, -0.2) is 4.98 Å². The van der Waals surface area contributed by atoms with Crippen molar-refractivity contribution < 1.29 is 0 Å². The van der Waals surface area contributed by atoms with E-state index in [1.807, 2.05) is 30.3 Å². The van der Waals surface area contributed by atoms with Gasteiger partial charge in [0.1, 0.15) is 5.69 Å².